The van der Waals surface area contributed by atoms with Crippen molar-refractivity contribution in [3.8, 4) is 5.75 Å². The molecule has 4 nitrogen and oxygen atoms in total. The molecule has 0 amide bonds. The number of ether oxygens (including phenoxy) is 2. The molecule has 1 aromatic rings. The minimum Gasteiger partial charge on any atom is -0.497 e. The number of nitrogens with one attached hydrogen (secondary N) is 1. The molecular formula is C17H28N2O2. The minimum absolute atomic E-state index is 0.326. The Hall–Kier alpha value is -1.10. The SMILES string of the molecule is COc1ccc(CCC(C)NCC2CN(C)CCO2)cc1. The number of hydrogen-bond donors (Lipinski definition) is 1. The van der Waals surface area contributed by atoms with Crippen LogP contribution in [0, 0.1) is 0 Å². The van der Waals surface area contributed by atoms with Gasteiger partial charge in [0, 0.05) is 25.7 Å². The van der Waals surface area contributed by atoms with E-state index in [1.54, 1.807) is 7.11 Å². The first-order chi connectivity index (χ1) is 10.2. The summed E-state index contributed by atoms with van der Waals surface area (Å²) in [6.07, 6.45) is 2.55. The van der Waals surface area contributed by atoms with E-state index in [0.717, 1.165) is 44.8 Å². The molecule has 2 rings (SSSR count). The van der Waals surface area contributed by atoms with Crippen molar-refractivity contribution >= 4 is 0 Å². The third-order valence-corrected chi connectivity index (χ3v) is 4.06. The normalized spacial score (nSPS) is 21.2. The van der Waals surface area contributed by atoms with E-state index in [1.165, 1.54) is 5.56 Å². The molecule has 2 atom stereocenters. The highest BCUT2D eigenvalue weighted by Crippen LogP contribution is 2.13. The van der Waals surface area contributed by atoms with Crippen LogP contribution in [0.3, 0.4) is 0 Å². The lowest BCUT2D eigenvalue weighted by Gasteiger charge is -2.31. The van der Waals surface area contributed by atoms with Crippen molar-refractivity contribution in [2.24, 2.45) is 0 Å². The van der Waals surface area contributed by atoms with E-state index in [1.807, 2.05) is 12.1 Å². The van der Waals surface area contributed by atoms with Crippen LogP contribution in [-0.4, -0.2) is 57.4 Å². The van der Waals surface area contributed by atoms with Gasteiger partial charge in [-0.2, -0.15) is 0 Å². The topological polar surface area (TPSA) is 33.7 Å². The lowest BCUT2D eigenvalue weighted by molar-refractivity contribution is -0.0191. The predicted molar refractivity (Wildman–Crippen MR) is 86.0 cm³/mol. The van der Waals surface area contributed by atoms with Crippen LogP contribution in [0.4, 0.5) is 0 Å². The average molecular weight is 292 g/mol. The molecule has 0 spiro atoms. The lowest BCUT2D eigenvalue weighted by Crippen LogP contribution is -2.46. The highest BCUT2D eigenvalue weighted by atomic mass is 16.5. The summed E-state index contributed by atoms with van der Waals surface area (Å²) >= 11 is 0. The maximum absolute atomic E-state index is 5.77. The van der Waals surface area contributed by atoms with Gasteiger partial charge in [0.05, 0.1) is 19.8 Å². The Bertz CT molecular complexity index is 408. The van der Waals surface area contributed by atoms with Gasteiger partial charge in [-0.25, -0.2) is 0 Å². The van der Waals surface area contributed by atoms with Gasteiger partial charge in [0.15, 0.2) is 0 Å². The molecule has 0 aromatic heterocycles. The van der Waals surface area contributed by atoms with Gasteiger partial charge in [-0.3, -0.25) is 0 Å². The van der Waals surface area contributed by atoms with E-state index in [9.17, 15) is 0 Å². The van der Waals surface area contributed by atoms with E-state index in [2.05, 4.69) is 36.3 Å². The van der Waals surface area contributed by atoms with E-state index >= 15 is 0 Å². The Morgan fingerprint density at radius 3 is 2.81 bits per heavy atom. The first-order valence-corrected chi connectivity index (χ1v) is 7.84. The zero-order chi connectivity index (χ0) is 15.1. The molecule has 1 saturated heterocycles. The molecule has 4 heteroatoms. The van der Waals surface area contributed by atoms with Gasteiger partial charge in [0.2, 0.25) is 0 Å². The van der Waals surface area contributed by atoms with Crippen molar-refractivity contribution in [3.05, 3.63) is 29.8 Å². The van der Waals surface area contributed by atoms with E-state index in [-0.39, 0.29) is 0 Å². The third-order valence-electron chi connectivity index (χ3n) is 4.06. The van der Waals surface area contributed by atoms with E-state index < -0.39 is 0 Å². The summed E-state index contributed by atoms with van der Waals surface area (Å²) in [5.74, 6) is 0.920. The van der Waals surface area contributed by atoms with Gasteiger partial charge in [0.25, 0.3) is 0 Å². The number of rotatable bonds is 7. The first kappa shape index (κ1) is 16.3. The van der Waals surface area contributed by atoms with Gasteiger partial charge in [0.1, 0.15) is 5.75 Å². The molecule has 2 unspecified atom stereocenters. The Morgan fingerprint density at radius 1 is 1.38 bits per heavy atom. The summed E-state index contributed by atoms with van der Waals surface area (Å²) in [5.41, 5.74) is 1.36. The summed E-state index contributed by atoms with van der Waals surface area (Å²) in [7, 11) is 3.86. The van der Waals surface area contributed by atoms with Crippen LogP contribution in [0.15, 0.2) is 24.3 Å². The van der Waals surface area contributed by atoms with Crippen LogP contribution in [0.25, 0.3) is 0 Å². The Labute approximate surface area is 128 Å². The number of likely N-dealkylation sites (N-methyl/N-ethyl adjacent to an activating group) is 1. The molecule has 1 heterocycles. The minimum atomic E-state index is 0.326. The summed E-state index contributed by atoms with van der Waals surface area (Å²) in [6, 6.07) is 8.84. The maximum Gasteiger partial charge on any atom is 0.118 e. The molecule has 1 aliphatic heterocycles. The van der Waals surface area contributed by atoms with Crippen LogP contribution < -0.4 is 10.1 Å². The summed E-state index contributed by atoms with van der Waals surface area (Å²) in [6.45, 7) is 6.11. The predicted octanol–water partition coefficient (Wildman–Crippen LogP) is 1.94. The zero-order valence-corrected chi connectivity index (χ0v) is 13.5. The van der Waals surface area contributed by atoms with Crippen molar-refractivity contribution < 1.29 is 9.47 Å². The van der Waals surface area contributed by atoms with Crippen molar-refractivity contribution in [1.29, 1.82) is 0 Å². The van der Waals surface area contributed by atoms with Crippen molar-refractivity contribution in [1.82, 2.24) is 10.2 Å². The van der Waals surface area contributed by atoms with Crippen LogP contribution >= 0.6 is 0 Å². The number of benzene rings is 1. The maximum atomic E-state index is 5.77. The highest BCUT2D eigenvalue weighted by Gasteiger charge is 2.17. The Morgan fingerprint density at radius 2 is 2.14 bits per heavy atom. The third kappa shape index (κ3) is 5.65. The lowest BCUT2D eigenvalue weighted by atomic mass is 10.1. The van der Waals surface area contributed by atoms with Gasteiger partial charge in [-0.05, 0) is 44.5 Å². The van der Waals surface area contributed by atoms with E-state index in [4.69, 9.17) is 9.47 Å². The summed E-state index contributed by atoms with van der Waals surface area (Å²) in [4.78, 5) is 2.33. The zero-order valence-electron chi connectivity index (χ0n) is 13.5. The number of aryl methyl sites for hydroxylation is 1. The molecule has 1 aromatic carbocycles. The number of morpholine rings is 1. The number of hydrogen-bond acceptors (Lipinski definition) is 4. The molecule has 1 fully saturated rings. The molecule has 1 aliphatic rings. The Balaban J connectivity index is 1.65. The number of nitrogens with zero attached hydrogens (tertiary/aromatic N) is 1. The van der Waals surface area contributed by atoms with Crippen molar-refractivity contribution in [2.75, 3.05) is 40.4 Å². The molecule has 0 aliphatic carbocycles. The monoisotopic (exact) mass is 292 g/mol. The molecule has 0 saturated carbocycles. The summed E-state index contributed by atoms with van der Waals surface area (Å²) < 4.78 is 10.9. The molecule has 21 heavy (non-hydrogen) atoms. The van der Waals surface area contributed by atoms with Crippen molar-refractivity contribution in [3.63, 3.8) is 0 Å². The Kier molecular flexibility index (Phi) is 6.49. The molecular weight excluding hydrogens is 264 g/mol. The van der Waals surface area contributed by atoms with Gasteiger partial charge < -0.3 is 19.7 Å². The molecule has 0 radical (unpaired) electrons. The molecule has 118 valence electrons. The molecule has 1 N–H and O–H groups in total. The highest BCUT2D eigenvalue weighted by molar-refractivity contribution is 5.27. The van der Waals surface area contributed by atoms with Crippen LogP contribution in [-0.2, 0) is 11.2 Å². The molecule has 0 bridgehead atoms. The average Bonchev–Trinajstić information content (AvgIpc) is 2.51. The van der Waals surface area contributed by atoms with Gasteiger partial charge >= 0.3 is 0 Å². The van der Waals surface area contributed by atoms with Crippen LogP contribution in [0.1, 0.15) is 18.9 Å². The van der Waals surface area contributed by atoms with Crippen LogP contribution in [0.2, 0.25) is 0 Å². The van der Waals surface area contributed by atoms with E-state index in [0.29, 0.717) is 12.1 Å². The number of methoxy groups -OCH3 is 1. The van der Waals surface area contributed by atoms with Gasteiger partial charge in [-0.15, -0.1) is 0 Å². The fourth-order valence-electron chi connectivity index (χ4n) is 2.60. The second-order valence-electron chi connectivity index (χ2n) is 5.95. The smallest absolute Gasteiger partial charge is 0.118 e. The second-order valence-corrected chi connectivity index (χ2v) is 5.95. The van der Waals surface area contributed by atoms with Crippen LogP contribution in [0.5, 0.6) is 5.75 Å². The van der Waals surface area contributed by atoms with Gasteiger partial charge in [-0.1, -0.05) is 12.1 Å². The van der Waals surface area contributed by atoms with Crippen molar-refractivity contribution in [2.45, 2.75) is 31.9 Å². The second kappa shape index (κ2) is 8.37. The first-order valence-electron chi connectivity index (χ1n) is 7.84. The largest absolute Gasteiger partial charge is 0.497 e. The standard InChI is InChI=1S/C17H28N2O2/c1-14(18-12-17-13-19(2)10-11-21-17)4-5-15-6-8-16(20-3)9-7-15/h6-9,14,17-18H,4-5,10-13H2,1-3H3. The quantitative estimate of drug-likeness (QED) is 0.833. The summed E-state index contributed by atoms with van der Waals surface area (Å²) in [5, 5.41) is 3.59. The fraction of sp³-hybridized carbons (Fsp3) is 0.647. The fourth-order valence-corrected chi connectivity index (χ4v) is 2.60.